The quantitative estimate of drug-likeness (QED) is 0.208. The summed E-state index contributed by atoms with van der Waals surface area (Å²) in [5.41, 5.74) is 1.03. The van der Waals surface area contributed by atoms with Crippen molar-refractivity contribution in [1.82, 2.24) is 5.32 Å². The highest BCUT2D eigenvalue weighted by Crippen LogP contribution is 2.74. The second-order valence-electron chi connectivity index (χ2n) is 10.9. The average molecular weight is 426 g/mol. The predicted molar refractivity (Wildman–Crippen MR) is 135 cm³/mol. The standard InChI is InChI=1S/C29H47NO/c1-5-6-7-8-9-10-11-12-13-14-15-16-17-18-19-20-21-22-26(31)30-29-23-28(24-29,25-29)27(2,3)4/h9-10,12-13,15-16,18-19H,5-8,11,14,17,20-25H2,1-4H3,(H,30,31)/b10-9-,13-12-,16-15-,19-18-. The molecule has 0 spiro atoms. The SMILES string of the molecule is CCCCC/C=C\C/C=C\C/C=C\C/C=C\CCCC(=O)NC12CC(C(C)(C)C)(C1)C2. The van der Waals surface area contributed by atoms with E-state index in [9.17, 15) is 4.79 Å². The summed E-state index contributed by atoms with van der Waals surface area (Å²) in [7, 11) is 0. The lowest BCUT2D eigenvalue weighted by Gasteiger charge is -2.75. The Morgan fingerprint density at radius 2 is 1.26 bits per heavy atom. The summed E-state index contributed by atoms with van der Waals surface area (Å²) in [6, 6.07) is 0. The van der Waals surface area contributed by atoms with Gasteiger partial charge in [0.25, 0.3) is 0 Å². The van der Waals surface area contributed by atoms with Gasteiger partial charge in [-0.05, 0) is 75.0 Å². The molecule has 2 nitrogen and oxygen atoms in total. The molecule has 0 aromatic rings. The first-order chi connectivity index (χ1) is 14.8. The third-order valence-corrected chi connectivity index (χ3v) is 7.26. The normalized spacial score (nSPS) is 25.5. The van der Waals surface area contributed by atoms with Crippen molar-refractivity contribution in [2.45, 2.75) is 117 Å². The molecule has 0 atom stereocenters. The fourth-order valence-corrected chi connectivity index (χ4v) is 5.02. The fourth-order valence-electron chi connectivity index (χ4n) is 5.02. The maximum absolute atomic E-state index is 12.2. The Balaban J connectivity index is 1.41. The van der Waals surface area contributed by atoms with Crippen LogP contribution in [-0.4, -0.2) is 11.4 Å². The number of carbonyl (C=O) groups is 1. The van der Waals surface area contributed by atoms with Gasteiger partial charge in [0.2, 0.25) is 5.91 Å². The molecule has 2 heteroatoms. The van der Waals surface area contributed by atoms with Crippen LogP contribution in [0.25, 0.3) is 0 Å². The van der Waals surface area contributed by atoms with E-state index in [1.807, 2.05) is 0 Å². The van der Waals surface area contributed by atoms with Crippen LogP contribution in [0.1, 0.15) is 111 Å². The highest BCUT2D eigenvalue weighted by molar-refractivity contribution is 5.77. The van der Waals surface area contributed by atoms with Gasteiger partial charge in [0.1, 0.15) is 0 Å². The van der Waals surface area contributed by atoms with Gasteiger partial charge in [0.15, 0.2) is 0 Å². The second kappa shape index (κ2) is 12.5. The van der Waals surface area contributed by atoms with E-state index in [4.69, 9.17) is 0 Å². The van der Waals surface area contributed by atoms with E-state index in [1.54, 1.807) is 0 Å². The zero-order chi connectivity index (χ0) is 22.6. The Labute approximate surface area is 192 Å². The molecule has 0 aromatic carbocycles. The summed E-state index contributed by atoms with van der Waals surface area (Å²) >= 11 is 0. The van der Waals surface area contributed by atoms with E-state index in [0.717, 1.165) is 32.1 Å². The number of allylic oxidation sites excluding steroid dienone is 8. The minimum absolute atomic E-state index is 0.157. The number of amides is 1. The number of unbranched alkanes of at least 4 members (excludes halogenated alkanes) is 4. The van der Waals surface area contributed by atoms with Crippen molar-refractivity contribution in [3.05, 3.63) is 48.6 Å². The van der Waals surface area contributed by atoms with Gasteiger partial charge in [-0.3, -0.25) is 4.79 Å². The molecule has 2 bridgehead atoms. The van der Waals surface area contributed by atoms with Crippen molar-refractivity contribution in [3.8, 4) is 0 Å². The molecule has 3 rings (SSSR count). The Hall–Kier alpha value is -1.57. The van der Waals surface area contributed by atoms with Gasteiger partial charge in [-0.15, -0.1) is 0 Å². The number of hydrogen-bond donors (Lipinski definition) is 1. The zero-order valence-electron chi connectivity index (χ0n) is 20.7. The van der Waals surface area contributed by atoms with Gasteiger partial charge in [-0.1, -0.05) is 89.1 Å². The highest BCUT2D eigenvalue weighted by atomic mass is 16.1. The third-order valence-electron chi connectivity index (χ3n) is 7.26. The monoisotopic (exact) mass is 425 g/mol. The van der Waals surface area contributed by atoms with Crippen LogP contribution in [0.15, 0.2) is 48.6 Å². The lowest BCUT2D eigenvalue weighted by molar-refractivity contribution is -0.217. The van der Waals surface area contributed by atoms with Crippen LogP contribution >= 0.6 is 0 Å². The van der Waals surface area contributed by atoms with Crippen molar-refractivity contribution in [2.24, 2.45) is 10.8 Å². The van der Waals surface area contributed by atoms with Gasteiger partial charge in [0.05, 0.1) is 0 Å². The minimum Gasteiger partial charge on any atom is -0.351 e. The maximum Gasteiger partial charge on any atom is 0.220 e. The molecule has 3 aliphatic carbocycles. The third kappa shape index (κ3) is 8.13. The maximum atomic E-state index is 12.2. The molecule has 3 fully saturated rings. The lowest BCUT2D eigenvalue weighted by Crippen LogP contribution is -2.77. The van der Waals surface area contributed by atoms with E-state index in [-0.39, 0.29) is 11.4 Å². The van der Waals surface area contributed by atoms with Crippen molar-refractivity contribution in [3.63, 3.8) is 0 Å². The molecular weight excluding hydrogens is 378 g/mol. The zero-order valence-corrected chi connectivity index (χ0v) is 20.7. The van der Waals surface area contributed by atoms with Crippen molar-refractivity contribution in [2.75, 3.05) is 0 Å². The molecule has 3 aliphatic rings. The van der Waals surface area contributed by atoms with E-state index >= 15 is 0 Å². The number of carbonyl (C=O) groups excluding carboxylic acids is 1. The van der Waals surface area contributed by atoms with E-state index in [0.29, 0.717) is 17.3 Å². The molecule has 0 saturated heterocycles. The lowest BCUT2D eigenvalue weighted by atomic mass is 9.33. The molecular formula is C29H47NO. The second-order valence-corrected chi connectivity index (χ2v) is 10.9. The summed E-state index contributed by atoms with van der Waals surface area (Å²) in [5.74, 6) is 0.248. The predicted octanol–water partition coefficient (Wildman–Crippen LogP) is 8.22. The van der Waals surface area contributed by atoms with Crippen molar-refractivity contribution >= 4 is 5.91 Å². The fraction of sp³-hybridized carbons (Fsp3) is 0.690. The van der Waals surface area contributed by atoms with Gasteiger partial charge >= 0.3 is 0 Å². The summed E-state index contributed by atoms with van der Waals surface area (Å²) in [4.78, 5) is 12.2. The van der Waals surface area contributed by atoms with Crippen LogP contribution in [-0.2, 0) is 4.79 Å². The largest absolute Gasteiger partial charge is 0.351 e. The molecule has 31 heavy (non-hydrogen) atoms. The van der Waals surface area contributed by atoms with Gasteiger partial charge in [-0.25, -0.2) is 0 Å². The van der Waals surface area contributed by atoms with Crippen LogP contribution in [0.4, 0.5) is 0 Å². The Morgan fingerprint density at radius 3 is 1.74 bits per heavy atom. The van der Waals surface area contributed by atoms with Gasteiger partial charge in [0, 0.05) is 12.0 Å². The van der Waals surface area contributed by atoms with E-state index in [1.165, 1.54) is 44.9 Å². The van der Waals surface area contributed by atoms with Gasteiger partial charge < -0.3 is 5.32 Å². The van der Waals surface area contributed by atoms with Crippen molar-refractivity contribution < 1.29 is 4.79 Å². The molecule has 0 radical (unpaired) electrons. The minimum atomic E-state index is 0.157. The van der Waals surface area contributed by atoms with Crippen LogP contribution in [0.3, 0.4) is 0 Å². The molecule has 0 heterocycles. The smallest absolute Gasteiger partial charge is 0.220 e. The molecule has 1 N–H and O–H groups in total. The highest BCUT2D eigenvalue weighted by Gasteiger charge is 2.71. The molecule has 3 saturated carbocycles. The molecule has 0 unspecified atom stereocenters. The topological polar surface area (TPSA) is 29.1 Å². The van der Waals surface area contributed by atoms with E-state index in [2.05, 4.69) is 81.6 Å². The summed E-state index contributed by atoms with van der Waals surface area (Å²) < 4.78 is 0. The summed E-state index contributed by atoms with van der Waals surface area (Å²) in [5, 5.41) is 3.33. The first-order valence-electron chi connectivity index (χ1n) is 12.7. The van der Waals surface area contributed by atoms with Crippen molar-refractivity contribution in [1.29, 1.82) is 0 Å². The van der Waals surface area contributed by atoms with Crippen LogP contribution in [0, 0.1) is 10.8 Å². The molecule has 1 amide bonds. The molecule has 0 aliphatic heterocycles. The first-order valence-corrected chi connectivity index (χ1v) is 12.7. The Morgan fingerprint density at radius 1 is 0.774 bits per heavy atom. The number of rotatable bonds is 15. The Kier molecular flexibility index (Phi) is 10.3. The van der Waals surface area contributed by atoms with Crippen LogP contribution in [0.2, 0.25) is 0 Å². The number of nitrogens with one attached hydrogen (secondary N) is 1. The summed E-state index contributed by atoms with van der Waals surface area (Å²) in [6.07, 6.45) is 32.3. The summed E-state index contributed by atoms with van der Waals surface area (Å²) in [6.45, 7) is 9.26. The van der Waals surface area contributed by atoms with Gasteiger partial charge in [-0.2, -0.15) is 0 Å². The number of hydrogen-bond acceptors (Lipinski definition) is 1. The average Bonchev–Trinajstić information content (AvgIpc) is 2.65. The van der Waals surface area contributed by atoms with Crippen LogP contribution < -0.4 is 5.32 Å². The molecule has 0 aromatic heterocycles. The molecule has 174 valence electrons. The Bertz CT molecular complexity index is 639. The van der Waals surface area contributed by atoms with Crippen LogP contribution in [0.5, 0.6) is 0 Å². The first kappa shape index (κ1) is 25.7. The van der Waals surface area contributed by atoms with E-state index < -0.39 is 0 Å².